The fourth-order valence-corrected chi connectivity index (χ4v) is 2.96. The molecule has 0 aliphatic heterocycles. The number of nitrogens with zero attached hydrogens (tertiary/aromatic N) is 1. The SMILES string of the molecule is CCN(CC)c1ccc(NC(=O)CCNc2cc(C)cc(C)c2)cc1. The second-order valence-corrected chi connectivity index (χ2v) is 6.32. The van der Waals surface area contributed by atoms with E-state index in [4.69, 9.17) is 0 Å². The van der Waals surface area contributed by atoms with Crippen molar-refractivity contribution in [1.82, 2.24) is 0 Å². The minimum absolute atomic E-state index is 0.0208. The lowest BCUT2D eigenvalue weighted by atomic mass is 10.1. The smallest absolute Gasteiger partial charge is 0.226 e. The van der Waals surface area contributed by atoms with Crippen LogP contribution in [-0.2, 0) is 4.79 Å². The van der Waals surface area contributed by atoms with Crippen molar-refractivity contribution in [1.29, 1.82) is 0 Å². The average molecular weight is 339 g/mol. The molecular weight excluding hydrogens is 310 g/mol. The maximum atomic E-state index is 12.1. The fraction of sp³-hybridized carbons (Fsp3) is 0.381. The molecule has 4 nitrogen and oxygen atoms in total. The number of aryl methyl sites for hydroxylation is 2. The van der Waals surface area contributed by atoms with Crippen LogP contribution in [0.4, 0.5) is 17.1 Å². The molecule has 0 aliphatic rings. The zero-order valence-electron chi connectivity index (χ0n) is 15.7. The van der Waals surface area contributed by atoms with Crippen molar-refractivity contribution in [3.63, 3.8) is 0 Å². The molecule has 0 aromatic heterocycles. The summed E-state index contributed by atoms with van der Waals surface area (Å²) in [6, 6.07) is 14.4. The number of hydrogen-bond donors (Lipinski definition) is 2. The number of hydrogen-bond acceptors (Lipinski definition) is 3. The average Bonchev–Trinajstić information content (AvgIpc) is 2.56. The van der Waals surface area contributed by atoms with E-state index in [0.29, 0.717) is 13.0 Å². The van der Waals surface area contributed by atoms with Gasteiger partial charge >= 0.3 is 0 Å². The van der Waals surface area contributed by atoms with Crippen LogP contribution in [0, 0.1) is 13.8 Å². The number of rotatable bonds is 8. The lowest BCUT2D eigenvalue weighted by Crippen LogP contribution is -2.21. The van der Waals surface area contributed by atoms with Crippen LogP contribution >= 0.6 is 0 Å². The Morgan fingerprint density at radius 3 is 2.08 bits per heavy atom. The molecule has 0 saturated heterocycles. The van der Waals surface area contributed by atoms with E-state index >= 15 is 0 Å². The van der Waals surface area contributed by atoms with Gasteiger partial charge in [0, 0.05) is 43.1 Å². The number of benzene rings is 2. The molecule has 2 aromatic carbocycles. The van der Waals surface area contributed by atoms with Crippen molar-refractivity contribution in [3.8, 4) is 0 Å². The molecule has 0 radical (unpaired) electrons. The Morgan fingerprint density at radius 1 is 0.920 bits per heavy atom. The summed E-state index contributed by atoms with van der Waals surface area (Å²) < 4.78 is 0. The van der Waals surface area contributed by atoms with Crippen LogP contribution in [-0.4, -0.2) is 25.5 Å². The van der Waals surface area contributed by atoms with Crippen molar-refractivity contribution in [2.75, 3.05) is 35.2 Å². The summed E-state index contributed by atoms with van der Waals surface area (Å²) in [4.78, 5) is 14.4. The third kappa shape index (κ3) is 5.82. The first-order chi connectivity index (χ1) is 12.0. The number of nitrogens with one attached hydrogen (secondary N) is 2. The minimum atomic E-state index is 0.0208. The number of amides is 1. The van der Waals surface area contributed by atoms with Gasteiger partial charge in [-0.15, -0.1) is 0 Å². The lowest BCUT2D eigenvalue weighted by Gasteiger charge is -2.21. The van der Waals surface area contributed by atoms with Gasteiger partial charge in [-0.3, -0.25) is 4.79 Å². The molecule has 0 bridgehead atoms. The Balaban J connectivity index is 1.81. The monoisotopic (exact) mass is 339 g/mol. The largest absolute Gasteiger partial charge is 0.385 e. The second kappa shape index (κ2) is 9.11. The van der Waals surface area contributed by atoms with Gasteiger partial charge in [0.05, 0.1) is 0 Å². The summed E-state index contributed by atoms with van der Waals surface area (Å²) in [6.07, 6.45) is 0.435. The van der Waals surface area contributed by atoms with Crippen molar-refractivity contribution < 1.29 is 4.79 Å². The van der Waals surface area contributed by atoms with Gasteiger partial charge in [-0.25, -0.2) is 0 Å². The molecule has 0 heterocycles. The van der Waals surface area contributed by atoms with E-state index in [9.17, 15) is 4.79 Å². The Bertz CT molecular complexity index is 671. The van der Waals surface area contributed by atoms with Gasteiger partial charge in [0.1, 0.15) is 0 Å². The van der Waals surface area contributed by atoms with Crippen LogP contribution in [0.2, 0.25) is 0 Å². The molecule has 1 amide bonds. The molecular formula is C21H29N3O. The number of anilines is 3. The van der Waals surface area contributed by atoms with E-state index < -0.39 is 0 Å². The highest BCUT2D eigenvalue weighted by atomic mass is 16.1. The van der Waals surface area contributed by atoms with Crippen molar-refractivity contribution >= 4 is 23.0 Å². The third-order valence-electron chi connectivity index (χ3n) is 4.18. The Hall–Kier alpha value is -2.49. The fourth-order valence-electron chi connectivity index (χ4n) is 2.96. The second-order valence-electron chi connectivity index (χ2n) is 6.32. The van der Waals surface area contributed by atoms with Crippen molar-refractivity contribution in [2.45, 2.75) is 34.1 Å². The molecule has 25 heavy (non-hydrogen) atoms. The minimum Gasteiger partial charge on any atom is -0.385 e. The predicted octanol–water partition coefficient (Wildman–Crippen LogP) is 4.59. The molecule has 0 aliphatic carbocycles. The van der Waals surface area contributed by atoms with Gasteiger partial charge in [0.25, 0.3) is 0 Å². The topological polar surface area (TPSA) is 44.4 Å². The molecule has 0 saturated carbocycles. The van der Waals surface area contributed by atoms with E-state index in [1.165, 1.54) is 16.8 Å². The first-order valence-electron chi connectivity index (χ1n) is 8.98. The third-order valence-corrected chi connectivity index (χ3v) is 4.18. The van der Waals surface area contributed by atoms with Gasteiger partial charge in [0.15, 0.2) is 0 Å². The van der Waals surface area contributed by atoms with E-state index in [1.54, 1.807) is 0 Å². The van der Waals surface area contributed by atoms with Crippen molar-refractivity contribution in [3.05, 3.63) is 53.6 Å². The molecule has 2 aromatic rings. The van der Waals surface area contributed by atoms with E-state index in [-0.39, 0.29) is 5.91 Å². The quantitative estimate of drug-likeness (QED) is 0.739. The van der Waals surface area contributed by atoms with Gasteiger partial charge in [-0.1, -0.05) is 6.07 Å². The maximum Gasteiger partial charge on any atom is 0.226 e. The maximum absolute atomic E-state index is 12.1. The highest BCUT2D eigenvalue weighted by Crippen LogP contribution is 2.18. The van der Waals surface area contributed by atoms with Crippen LogP contribution in [0.5, 0.6) is 0 Å². The van der Waals surface area contributed by atoms with Gasteiger partial charge in [0.2, 0.25) is 5.91 Å². The summed E-state index contributed by atoms with van der Waals surface area (Å²) in [7, 11) is 0. The molecule has 2 N–H and O–H groups in total. The number of carbonyl (C=O) groups is 1. The summed E-state index contributed by atoms with van der Waals surface area (Å²) in [5, 5.41) is 6.27. The molecule has 0 atom stereocenters. The van der Waals surface area contributed by atoms with E-state index in [1.807, 2.05) is 12.1 Å². The highest BCUT2D eigenvalue weighted by molar-refractivity contribution is 5.91. The van der Waals surface area contributed by atoms with Crippen LogP contribution in [0.3, 0.4) is 0 Å². The molecule has 4 heteroatoms. The first kappa shape index (κ1) is 18.8. The predicted molar refractivity (Wildman–Crippen MR) is 108 cm³/mol. The van der Waals surface area contributed by atoms with E-state index in [2.05, 4.69) is 73.6 Å². The zero-order chi connectivity index (χ0) is 18.2. The standard InChI is InChI=1S/C21H29N3O/c1-5-24(6-2)20-9-7-18(8-10-20)23-21(25)11-12-22-19-14-16(3)13-17(4)15-19/h7-10,13-15,22H,5-6,11-12H2,1-4H3,(H,23,25). The van der Waals surface area contributed by atoms with Crippen molar-refractivity contribution in [2.24, 2.45) is 0 Å². The Labute approximate surface area is 151 Å². The first-order valence-corrected chi connectivity index (χ1v) is 8.98. The zero-order valence-corrected chi connectivity index (χ0v) is 15.7. The van der Waals surface area contributed by atoms with Crippen LogP contribution < -0.4 is 15.5 Å². The van der Waals surface area contributed by atoms with Gasteiger partial charge < -0.3 is 15.5 Å². The van der Waals surface area contributed by atoms with Gasteiger partial charge in [-0.05, 0) is 75.2 Å². The van der Waals surface area contributed by atoms with Crippen LogP contribution in [0.25, 0.3) is 0 Å². The van der Waals surface area contributed by atoms with E-state index in [0.717, 1.165) is 24.5 Å². The Morgan fingerprint density at radius 2 is 1.52 bits per heavy atom. The molecule has 0 fully saturated rings. The highest BCUT2D eigenvalue weighted by Gasteiger charge is 2.05. The summed E-state index contributed by atoms with van der Waals surface area (Å²) in [5.74, 6) is 0.0208. The lowest BCUT2D eigenvalue weighted by molar-refractivity contribution is -0.115. The summed E-state index contributed by atoms with van der Waals surface area (Å²) >= 11 is 0. The van der Waals surface area contributed by atoms with Gasteiger partial charge in [-0.2, -0.15) is 0 Å². The molecule has 0 spiro atoms. The van der Waals surface area contributed by atoms with Crippen LogP contribution in [0.15, 0.2) is 42.5 Å². The normalized spacial score (nSPS) is 10.4. The summed E-state index contributed by atoms with van der Waals surface area (Å²) in [6.45, 7) is 11.0. The molecule has 134 valence electrons. The summed E-state index contributed by atoms with van der Waals surface area (Å²) in [5.41, 5.74) is 5.53. The van der Waals surface area contributed by atoms with Crippen LogP contribution in [0.1, 0.15) is 31.4 Å². The number of carbonyl (C=O) groups excluding carboxylic acids is 1. The molecule has 0 unspecified atom stereocenters. The Kier molecular flexibility index (Phi) is 6.87. The molecule has 2 rings (SSSR count).